The predicted octanol–water partition coefficient (Wildman–Crippen LogP) is 27.5. The summed E-state index contributed by atoms with van der Waals surface area (Å²) in [4.78, 5) is 0. The fourth-order valence-electron chi connectivity index (χ4n) is 17.3. The number of nitrogens with zero attached hydrogens (tertiary/aromatic N) is 4. The maximum absolute atomic E-state index is 6.33. The Kier molecular flexibility index (Phi) is 25.5. The third-order valence-electron chi connectivity index (χ3n) is 25.4. The molecular weight excluding hydrogens is 1630 g/mol. The summed E-state index contributed by atoms with van der Waals surface area (Å²) in [5.41, 5.74) is 26.3. The average Bonchev–Trinajstić information content (AvgIpc) is 1.58. The van der Waals surface area contributed by atoms with Gasteiger partial charge in [0.05, 0.1) is 66.5 Å². The molecule has 2 aliphatic heterocycles. The van der Waals surface area contributed by atoms with Crippen LogP contribution in [0.4, 0.5) is 0 Å². The number of aromatic nitrogens is 4. The summed E-state index contributed by atoms with van der Waals surface area (Å²) in [6.45, 7) is 26.1. The molecular formula is C115H104B2BrLiN4O5. The Morgan fingerprint density at radius 2 is 0.547 bits per heavy atom. The number of unbranched alkanes of at least 4 members (excludes halogenated alkanes) is 1. The third-order valence-corrected chi connectivity index (χ3v) is 25.9. The molecule has 22 rings (SSSR count). The number of halogens is 1. The maximum atomic E-state index is 6.33. The molecule has 628 valence electrons. The van der Waals surface area contributed by atoms with Crippen LogP contribution < -0.4 is 24.3 Å². The molecule has 0 atom stereocenters. The molecule has 13 heteroatoms. The monoisotopic (exact) mass is 1730 g/mol. The van der Waals surface area contributed by atoms with Crippen molar-refractivity contribution in [2.75, 3.05) is 0 Å². The minimum absolute atomic E-state index is 0. The molecule has 9 nitrogen and oxygen atoms in total. The van der Waals surface area contributed by atoms with Crippen LogP contribution in [0.5, 0.6) is 0 Å². The van der Waals surface area contributed by atoms with Gasteiger partial charge in [0.2, 0.25) is 0 Å². The van der Waals surface area contributed by atoms with E-state index in [-0.39, 0.29) is 54.5 Å². The Bertz CT molecular complexity index is 7280. The first-order valence-corrected chi connectivity index (χ1v) is 45.0. The summed E-state index contributed by atoms with van der Waals surface area (Å²) in [6.07, 6.45) is 2.40. The summed E-state index contributed by atoms with van der Waals surface area (Å²) in [5.74, 6) is 0. The topological polar surface area (TPSA) is 65.9 Å². The molecule has 0 saturated carbocycles. The summed E-state index contributed by atoms with van der Waals surface area (Å²) in [5, 5.41) is 9.99. The average molecular weight is 1730 g/mol. The molecule has 0 N–H and O–H groups in total. The van der Waals surface area contributed by atoms with Gasteiger partial charge in [-0.15, -0.1) is 0 Å². The van der Waals surface area contributed by atoms with E-state index in [1.165, 1.54) is 155 Å². The van der Waals surface area contributed by atoms with Crippen LogP contribution in [0.2, 0.25) is 0 Å². The summed E-state index contributed by atoms with van der Waals surface area (Å²) >= 11 is 3.61. The minimum atomic E-state index is -0.523. The van der Waals surface area contributed by atoms with Gasteiger partial charge in [-0.1, -0.05) is 296 Å². The van der Waals surface area contributed by atoms with E-state index in [4.69, 9.17) is 23.3 Å². The van der Waals surface area contributed by atoms with Gasteiger partial charge in [0.25, 0.3) is 0 Å². The van der Waals surface area contributed by atoms with Gasteiger partial charge < -0.3 is 48.5 Å². The van der Waals surface area contributed by atoms with Gasteiger partial charge in [0.15, 0.2) is 0 Å². The minimum Gasteiger partial charge on any atom is -0.399 e. The van der Waals surface area contributed by atoms with Crippen LogP contribution >= 0.6 is 15.9 Å². The van der Waals surface area contributed by atoms with E-state index >= 15 is 0 Å². The van der Waals surface area contributed by atoms with E-state index in [0.717, 1.165) is 33.4 Å². The molecule has 0 radical (unpaired) electrons. The van der Waals surface area contributed by atoms with Crippen LogP contribution in [0.25, 0.3) is 166 Å². The van der Waals surface area contributed by atoms with Crippen molar-refractivity contribution in [1.82, 2.24) is 18.3 Å². The molecule has 2 fully saturated rings. The Morgan fingerprint density at radius 1 is 0.281 bits per heavy atom. The van der Waals surface area contributed by atoms with E-state index < -0.39 is 7.32 Å². The van der Waals surface area contributed by atoms with Crippen molar-refractivity contribution in [3.8, 4) is 78.4 Å². The molecule has 128 heavy (non-hydrogen) atoms. The molecule has 16 aromatic carbocycles. The number of benzene rings is 16. The third kappa shape index (κ3) is 17.6. The molecule has 2 saturated heterocycles. The molecule has 0 unspecified atom stereocenters. The zero-order valence-corrected chi connectivity index (χ0v) is 76.6. The van der Waals surface area contributed by atoms with E-state index in [2.05, 4.69) is 452 Å². The standard InChI is InChI=1S/C48H32N2.C30H28BNO2.C24H16BrN.C9H19BO3.C4H9.Li/c1-3-12-33(13-4-1)35-22-26-39(27-23-35)49-45-20-9-7-18-41(45)43-31-37(24-28-47(43)49)38-25-29-48-44(32-38)42-19-8-10-21-46(42)50(48)40-17-11-16-36(30-40)34-14-5-2-6-15-34;1-29(2)30(3,4)34-31(33-29)23-16-19-28-26(20-23)25-12-8-9-13-27(25)32(28)24-17-14-22(15-18-24)21-10-6-5-7-11-21;25-19-12-15-24-22(16-19)21-8-4-5-9-23(21)26(24)20-13-10-18(11-14-20)17-6-2-1-3-7-17;1-7(2)11-10-12-8(3,4)9(5,6)13-10;1-3-4-2;/h1-32H;5-20H,1-4H3;1-16H;7H,1-6H3;1,3-4H2,2H3;/q;;;;-1;+1. The van der Waals surface area contributed by atoms with Crippen molar-refractivity contribution >= 4 is 123 Å². The van der Waals surface area contributed by atoms with Crippen LogP contribution in [-0.2, 0) is 23.3 Å². The predicted molar refractivity (Wildman–Crippen MR) is 540 cm³/mol. The van der Waals surface area contributed by atoms with Crippen LogP contribution in [-0.4, -0.2) is 61.2 Å². The number of hydrogen-bond donors (Lipinski definition) is 0. The van der Waals surface area contributed by atoms with Crippen molar-refractivity contribution in [3.63, 3.8) is 0 Å². The first-order chi connectivity index (χ1) is 61.6. The van der Waals surface area contributed by atoms with Crippen LogP contribution in [0, 0.1) is 6.92 Å². The first kappa shape index (κ1) is 87.8. The van der Waals surface area contributed by atoms with E-state index in [1.54, 1.807) is 0 Å². The molecule has 4 aromatic heterocycles. The van der Waals surface area contributed by atoms with Crippen LogP contribution in [0.15, 0.2) is 393 Å². The second kappa shape index (κ2) is 37.2. The maximum Gasteiger partial charge on any atom is 1.00 e. The Labute approximate surface area is 773 Å². The number of rotatable bonds is 13. The molecule has 0 spiro atoms. The molecule has 20 aromatic rings. The van der Waals surface area contributed by atoms with Gasteiger partial charge in [0, 0.05) is 76.4 Å². The van der Waals surface area contributed by atoms with E-state index in [1.807, 2.05) is 53.7 Å². The van der Waals surface area contributed by atoms with Gasteiger partial charge in [-0.05, 0) is 252 Å². The van der Waals surface area contributed by atoms with Gasteiger partial charge in [-0.2, -0.15) is 6.42 Å². The van der Waals surface area contributed by atoms with Gasteiger partial charge in [-0.3, -0.25) is 0 Å². The quantitative estimate of drug-likeness (QED) is 0.0850. The fourth-order valence-corrected chi connectivity index (χ4v) is 17.7. The first-order valence-electron chi connectivity index (χ1n) is 44.2. The zero-order valence-electron chi connectivity index (χ0n) is 75.0. The van der Waals surface area contributed by atoms with Crippen LogP contribution in [0.1, 0.15) is 89.0 Å². The summed E-state index contributed by atoms with van der Waals surface area (Å²) in [7, 11) is -0.897. The van der Waals surface area contributed by atoms with E-state index in [9.17, 15) is 0 Å². The molecule has 6 heterocycles. The van der Waals surface area contributed by atoms with Gasteiger partial charge >= 0.3 is 33.3 Å². The van der Waals surface area contributed by atoms with Gasteiger partial charge in [0.1, 0.15) is 0 Å². The smallest absolute Gasteiger partial charge is 0.399 e. The normalized spacial score (nSPS) is 14.2. The van der Waals surface area contributed by atoms with Crippen LogP contribution in [0.3, 0.4) is 0 Å². The van der Waals surface area contributed by atoms with Crippen molar-refractivity contribution < 1.29 is 42.1 Å². The van der Waals surface area contributed by atoms with Crippen molar-refractivity contribution in [2.24, 2.45) is 0 Å². The summed E-state index contributed by atoms with van der Waals surface area (Å²) in [6, 6.07) is 139. The van der Waals surface area contributed by atoms with Crippen molar-refractivity contribution in [1.29, 1.82) is 0 Å². The molecule has 0 aliphatic carbocycles. The fraction of sp³-hybridized carbons (Fsp3) is 0.157. The Morgan fingerprint density at radius 3 is 0.906 bits per heavy atom. The molecule has 0 bridgehead atoms. The SMILES string of the molecule is Brc1ccc2c(c1)c1ccccc1n2-c1ccc(-c2ccccc2)cc1.CC(C)OB1OC(C)(C)C(C)(C)O1.CC1(C)OB(c2ccc3c(c2)c2ccccc2n3-c2ccc(-c3ccccc3)cc2)OC1(C)C.[CH2-]CCC.[Li+].c1ccc(-c2ccc(-n3c4ccccc4c4cc(-c5ccc6c(c5)c5ccccc5n6-c5cccc(-c6ccccc6)c5)ccc43)cc2)cc1. The van der Waals surface area contributed by atoms with E-state index in [0.29, 0.717) is 0 Å². The Hall–Kier alpha value is -12.3. The van der Waals surface area contributed by atoms with Crippen molar-refractivity contribution in [3.05, 3.63) is 400 Å². The Balaban J connectivity index is 0.000000128. The summed E-state index contributed by atoms with van der Waals surface area (Å²) < 4.78 is 39.9. The number of hydrogen-bond acceptors (Lipinski definition) is 5. The zero-order chi connectivity index (χ0) is 87.7. The molecule has 0 amide bonds. The van der Waals surface area contributed by atoms with Gasteiger partial charge in [-0.25, -0.2) is 0 Å². The van der Waals surface area contributed by atoms with Crippen molar-refractivity contribution in [2.45, 2.75) is 118 Å². The number of fused-ring (bicyclic) bond motifs is 12. The second-order valence-corrected chi connectivity index (χ2v) is 36.1. The largest absolute Gasteiger partial charge is 1.00 e. The number of para-hydroxylation sites is 4. The second-order valence-electron chi connectivity index (χ2n) is 35.1. The molecule has 2 aliphatic rings.